The third-order valence-corrected chi connectivity index (χ3v) is 8.43. The van der Waals surface area contributed by atoms with E-state index < -0.39 is 33.3 Å². The van der Waals surface area contributed by atoms with Crippen LogP contribution < -0.4 is 15.1 Å². The van der Waals surface area contributed by atoms with Crippen LogP contribution in [-0.4, -0.2) is 85.7 Å². The van der Waals surface area contributed by atoms with Gasteiger partial charge in [0.15, 0.2) is 4.75 Å². The lowest BCUT2D eigenvalue weighted by Gasteiger charge is -2.41. The third kappa shape index (κ3) is 6.42. The summed E-state index contributed by atoms with van der Waals surface area (Å²) in [7, 11) is -4.06. The van der Waals surface area contributed by atoms with Crippen molar-refractivity contribution in [3.63, 3.8) is 0 Å². The van der Waals surface area contributed by atoms with Crippen molar-refractivity contribution in [3.8, 4) is 5.75 Å². The van der Waals surface area contributed by atoms with Crippen LogP contribution in [0.2, 0.25) is 0 Å². The summed E-state index contributed by atoms with van der Waals surface area (Å²) >= 11 is 0. The van der Waals surface area contributed by atoms with Gasteiger partial charge in [-0.2, -0.15) is 17.5 Å². The van der Waals surface area contributed by atoms with E-state index in [2.05, 4.69) is 4.98 Å². The number of rotatable bonds is 8. The van der Waals surface area contributed by atoms with Crippen LogP contribution in [0.5, 0.6) is 5.75 Å². The van der Waals surface area contributed by atoms with Gasteiger partial charge in [0.1, 0.15) is 11.6 Å². The summed E-state index contributed by atoms with van der Waals surface area (Å²) in [6.45, 7) is 1.02. The zero-order chi connectivity index (χ0) is 24.1. The van der Waals surface area contributed by atoms with E-state index in [0.717, 1.165) is 0 Å². The molecule has 0 unspecified atom stereocenters. The standard InChI is InChI=1S/C19H27F3N4O6S.ClH/c20-19(21,22)4-1-11-32-15-2-3-16(23-14-15)25-7-9-26(10-8-25)33(29,30)18(17(27)24-28)5-12-31-13-6-18;/h2-3,14,28H,1,4-13H2,(H,24,27);1H. The lowest BCUT2D eigenvalue weighted by molar-refractivity contribution is -0.136. The van der Waals surface area contributed by atoms with Gasteiger partial charge < -0.3 is 14.4 Å². The Labute approximate surface area is 201 Å². The summed E-state index contributed by atoms with van der Waals surface area (Å²) < 4.78 is 73.1. The number of nitrogens with one attached hydrogen (secondary N) is 1. The molecule has 34 heavy (non-hydrogen) atoms. The van der Waals surface area contributed by atoms with E-state index in [0.29, 0.717) is 24.7 Å². The second kappa shape index (κ2) is 11.7. The molecule has 2 saturated heterocycles. The predicted octanol–water partition coefficient (Wildman–Crippen LogP) is 1.73. The molecule has 0 aromatic carbocycles. The van der Waals surface area contributed by atoms with Crippen LogP contribution in [0, 0.1) is 0 Å². The molecule has 10 nitrogen and oxygen atoms in total. The molecular weight excluding hydrogens is 505 g/mol. The number of pyridine rings is 1. The molecule has 2 aliphatic rings. The summed E-state index contributed by atoms with van der Waals surface area (Å²) in [6, 6.07) is 3.25. The normalized spacial score (nSPS) is 19.2. The van der Waals surface area contributed by atoms with Gasteiger partial charge in [0.2, 0.25) is 10.0 Å². The van der Waals surface area contributed by atoms with Crippen molar-refractivity contribution in [2.45, 2.75) is 36.6 Å². The number of nitrogens with zero attached hydrogens (tertiary/aromatic N) is 3. The number of amides is 1. The Kier molecular flexibility index (Phi) is 9.77. The number of carbonyl (C=O) groups excluding carboxylic acids is 1. The summed E-state index contributed by atoms with van der Waals surface area (Å²) in [6.07, 6.45) is -3.96. The zero-order valence-corrected chi connectivity index (χ0v) is 19.9. The van der Waals surface area contributed by atoms with Crippen LogP contribution in [0.1, 0.15) is 25.7 Å². The Morgan fingerprint density at radius 3 is 2.38 bits per heavy atom. The van der Waals surface area contributed by atoms with Crippen molar-refractivity contribution < 1.29 is 41.1 Å². The molecule has 194 valence electrons. The van der Waals surface area contributed by atoms with E-state index in [-0.39, 0.29) is 64.6 Å². The van der Waals surface area contributed by atoms with E-state index in [1.807, 2.05) is 4.90 Å². The first-order valence-corrected chi connectivity index (χ1v) is 12.0. The number of anilines is 1. The highest BCUT2D eigenvalue weighted by Crippen LogP contribution is 2.33. The second-order valence-corrected chi connectivity index (χ2v) is 10.1. The van der Waals surface area contributed by atoms with Gasteiger partial charge in [0, 0.05) is 58.7 Å². The Morgan fingerprint density at radius 1 is 1.21 bits per heavy atom. The van der Waals surface area contributed by atoms with Crippen molar-refractivity contribution in [1.29, 1.82) is 0 Å². The average Bonchev–Trinajstić information content (AvgIpc) is 2.81. The number of hydroxylamine groups is 1. The minimum Gasteiger partial charge on any atom is -0.492 e. The number of sulfonamides is 1. The molecule has 0 spiro atoms. The topological polar surface area (TPSA) is 121 Å². The summed E-state index contributed by atoms with van der Waals surface area (Å²) in [5, 5.41) is 9.13. The van der Waals surface area contributed by atoms with Crippen molar-refractivity contribution in [1.82, 2.24) is 14.8 Å². The average molecular weight is 533 g/mol. The Bertz CT molecular complexity index is 906. The minimum absolute atomic E-state index is 0. The van der Waals surface area contributed by atoms with Gasteiger partial charge in [-0.25, -0.2) is 18.9 Å². The Hall–Kier alpha value is -1.87. The smallest absolute Gasteiger partial charge is 0.389 e. The fraction of sp³-hybridized carbons (Fsp3) is 0.684. The largest absolute Gasteiger partial charge is 0.492 e. The number of piperazine rings is 1. The molecule has 1 amide bonds. The maximum atomic E-state index is 13.3. The van der Waals surface area contributed by atoms with Gasteiger partial charge in [-0.05, 0) is 18.6 Å². The van der Waals surface area contributed by atoms with Crippen LogP contribution in [0.4, 0.5) is 19.0 Å². The van der Waals surface area contributed by atoms with E-state index >= 15 is 0 Å². The van der Waals surface area contributed by atoms with Crippen molar-refractivity contribution in [2.75, 3.05) is 50.9 Å². The van der Waals surface area contributed by atoms with Gasteiger partial charge in [-0.1, -0.05) is 0 Å². The number of alkyl halides is 3. The molecule has 0 aliphatic carbocycles. The molecule has 3 heterocycles. The van der Waals surface area contributed by atoms with Crippen LogP contribution >= 0.6 is 12.4 Å². The monoisotopic (exact) mass is 532 g/mol. The fourth-order valence-corrected chi connectivity index (χ4v) is 6.02. The maximum Gasteiger partial charge on any atom is 0.389 e. The summed E-state index contributed by atoms with van der Waals surface area (Å²) in [5.41, 5.74) is 1.50. The number of halogens is 4. The van der Waals surface area contributed by atoms with Crippen LogP contribution in [0.15, 0.2) is 18.3 Å². The summed E-state index contributed by atoms with van der Waals surface area (Å²) in [4.78, 5) is 18.5. The van der Waals surface area contributed by atoms with Gasteiger partial charge >= 0.3 is 6.18 Å². The molecule has 0 saturated carbocycles. The van der Waals surface area contributed by atoms with E-state index in [4.69, 9.17) is 14.7 Å². The first-order chi connectivity index (χ1) is 15.6. The molecule has 3 rings (SSSR count). The van der Waals surface area contributed by atoms with Crippen molar-refractivity contribution >= 4 is 34.2 Å². The lowest BCUT2D eigenvalue weighted by atomic mass is 9.98. The fourth-order valence-electron chi connectivity index (χ4n) is 3.92. The first-order valence-electron chi connectivity index (χ1n) is 10.5. The number of hydrogen-bond donors (Lipinski definition) is 2. The molecule has 2 fully saturated rings. The summed E-state index contributed by atoms with van der Waals surface area (Å²) in [5.74, 6) is -0.0390. The van der Waals surface area contributed by atoms with Crippen LogP contribution in [-0.2, 0) is 19.6 Å². The zero-order valence-electron chi connectivity index (χ0n) is 18.3. The van der Waals surface area contributed by atoms with Crippen molar-refractivity contribution in [2.24, 2.45) is 0 Å². The molecule has 1 aromatic heterocycles. The number of ether oxygens (including phenoxy) is 2. The molecule has 2 aliphatic heterocycles. The minimum atomic E-state index is -4.21. The van der Waals surface area contributed by atoms with Gasteiger partial charge in [0.05, 0.1) is 12.8 Å². The Morgan fingerprint density at radius 2 is 1.85 bits per heavy atom. The van der Waals surface area contributed by atoms with E-state index in [9.17, 15) is 26.4 Å². The van der Waals surface area contributed by atoms with Gasteiger partial charge in [0.25, 0.3) is 5.91 Å². The van der Waals surface area contributed by atoms with Gasteiger partial charge in [-0.15, -0.1) is 12.4 Å². The third-order valence-electron chi connectivity index (χ3n) is 5.81. The molecule has 0 radical (unpaired) electrons. The Balaban J connectivity index is 0.00000408. The van der Waals surface area contributed by atoms with E-state index in [1.165, 1.54) is 16.0 Å². The van der Waals surface area contributed by atoms with E-state index in [1.54, 1.807) is 12.1 Å². The highest BCUT2D eigenvalue weighted by molar-refractivity contribution is 7.91. The highest BCUT2D eigenvalue weighted by atomic mass is 35.5. The van der Waals surface area contributed by atoms with Crippen LogP contribution in [0.25, 0.3) is 0 Å². The highest BCUT2D eigenvalue weighted by Gasteiger charge is 2.54. The SMILES string of the molecule is Cl.O=C(NO)C1(S(=O)(=O)N2CCN(c3ccc(OCCCC(F)(F)F)cn3)CC2)CCOCC1. The molecule has 1 aromatic rings. The molecule has 15 heteroatoms. The molecule has 0 atom stereocenters. The molecular formula is C19H28ClF3N4O6S. The lowest BCUT2D eigenvalue weighted by Crippen LogP contribution is -2.62. The quantitative estimate of drug-likeness (QED) is 0.295. The van der Waals surface area contributed by atoms with Gasteiger partial charge in [-0.3, -0.25) is 10.0 Å². The molecule has 2 N–H and O–H groups in total. The number of carbonyl (C=O) groups is 1. The molecule has 0 bridgehead atoms. The second-order valence-electron chi connectivity index (χ2n) is 7.86. The number of aromatic nitrogens is 1. The predicted molar refractivity (Wildman–Crippen MR) is 118 cm³/mol. The van der Waals surface area contributed by atoms with Crippen molar-refractivity contribution in [3.05, 3.63) is 18.3 Å². The van der Waals surface area contributed by atoms with Crippen LogP contribution in [0.3, 0.4) is 0 Å². The first kappa shape index (κ1) is 28.4. The number of hydrogen-bond acceptors (Lipinski definition) is 8. The maximum absolute atomic E-state index is 13.3.